The maximum Gasteiger partial charge on any atom is 0.255 e. The number of para-hydroxylation sites is 1. The maximum absolute atomic E-state index is 14.5. The van der Waals surface area contributed by atoms with E-state index in [2.05, 4.69) is 0 Å². The van der Waals surface area contributed by atoms with Gasteiger partial charge in [-0.1, -0.05) is 24.3 Å². The summed E-state index contributed by atoms with van der Waals surface area (Å²) in [6.07, 6.45) is 0. The molecule has 0 aliphatic carbocycles. The molecule has 4 nitrogen and oxygen atoms in total. The number of nitrogens with zero attached hydrogens (tertiary/aromatic N) is 2. The molecule has 142 valence electrons. The second-order valence-corrected chi connectivity index (χ2v) is 7.60. The summed E-state index contributed by atoms with van der Waals surface area (Å²) in [5.74, 6) is -1.08. The third kappa shape index (κ3) is 2.99. The Balaban J connectivity index is 1.84. The van der Waals surface area contributed by atoms with Crippen molar-refractivity contribution in [2.24, 2.45) is 0 Å². The van der Waals surface area contributed by atoms with E-state index in [1.54, 1.807) is 18.2 Å². The monoisotopic (exact) mass is 394 g/mol. The van der Waals surface area contributed by atoms with Crippen LogP contribution < -0.4 is 9.80 Å². The Hall–Kier alpha value is -2.99. The molecule has 1 aromatic heterocycles. The Morgan fingerprint density at radius 1 is 1.00 bits per heavy atom. The summed E-state index contributed by atoms with van der Waals surface area (Å²) < 4.78 is 14.5. The van der Waals surface area contributed by atoms with Crippen molar-refractivity contribution in [1.29, 1.82) is 0 Å². The van der Waals surface area contributed by atoms with E-state index in [4.69, 9.17) is 0 Å². The molecule has 0 spiro atoms. The van der Waals surface area contributed by atoms with Crippen molar-refractivity contribution in [3.05, 3.63) is 81.8 Å². The summed E-state index contributed by atoms with van der Waals surface area (Å²) in [6.45, 7) is 3.78. The van der Waals surface area contributed by atoms with Crippen LogP contribution in [0.25, 0.3) is 0 Å². The maximum atomic E-state index is 14.5. The van der Waals surface area contributed by atoms with Crippen molar-refractivity contribution in [3.8, 4) is 0 Å². The Morgan fingerprint density at radius 2 is 1.75 bits per heavy atom. The lowest BCUT2D eigenvalue weighted by molar-refractivity contribution is -0.128. The molecular formula is C22H19FN2O2S. The van der Waals surface area contributed by atoms with Gasteiger partial charge in [0.05, 0.1) is 5.69 Å². The van der Waals surface area contributed by atoms with Gasteiger partial charge in [0.2, 0.25) is 5.91 Å². The summed E-state index contributed by atoms with van der Waals surface area (Å²) in [6, 6.07) is 12.7. The lowest BCUT2D eigenvalue weighted by atomic mass is 10.00. The fraction of sp³-hybridized carbons (Fsp3) is 0.182. The minimum absolute atomic E-state index is 0.123. The number of hydrogen-bond acceptors (Lipinski definition) is 3. The predicted molar refractivity (Wildman–Crippen MR) is 109 cm³/mol. The average molecular weight is 394 g/mol. The zero-order valence-corrected chi connectivity index (χ0v) is 16.4. The molecule has 1 fully saturated rings. The third-order valence-electron chi connectivity index (χ3n) is 5.16. The highest BCUT2D eigenvalue weighted by atomic mass is 32.1. The van der Waals surface area contributed by atoms with Gasteiger partial charge in [0.15, 0.2) is 0 Å². The molecule has 1 aliphatic heterocycles. The Kier molecular flexibility index (Phi) is 4.73. The Labute approximate surface area is 166 Å². The first-order valence-electron chi connectivity index (χ1n) is 8.95. The standard InChI is InChI=1S/C22H19FN2O2S/c1-14-6-5-9-18(15(14)2)24-12-20(26)25(19-8-4-3-7-17(19)23)21(22(24)27)16-10-11-28-13-16/h3-11,13,21H,12H2,1-2H3/t21-/m1/s1. The molecule has 0 radical (unpaired) electrons. The topological polar surface area (TPSA) is 40.6 Å². The molecule has 4 rings (SSSR count). The van der Waals surface area contributed by atoms with Crippen LogP contribution in [0.2, 0.25) is 0 Å². The van der Waals surface area contributed by atoms with Crippen LogP contribution in [-0.2, 0) is 9.59 Å². The molecule has 6 heteroatoms. The zero-order chi connectivity index (χ0) is 19.8. The second-order valence-electron chi connectivity index (χ2n) is 6.82. The number of carbonyl (C=O) groups is 2. The van der Waals surface area contributed by atoms with Crippen molar-refractivity contribution in [3.63, 3.8) is 0 Å². The van der Waals surface area contributed by atoms with E-state index in [1.165, 1.54) is 33.3 Å². The van der Waals surface area contributed by atoms with E-state index in [0.29, 0.717) is 11.3 Å². The van der Waals surface area contributed by atoms with E-state index in [0.717, 1.165) is 11.1 Å². The molecule has 0 N–H and O–H groups in total. The molecule has 3 aromatic rings. The van der Waals surface area contributed by atoms with Gasteiger partial charge < -0.3 is 4.90 Å². The van der Waals surface area contributed by atoms with Gasteiger partial charge in [0, 0.05) is 5.69 Å². The van der Waals surface area contributed by atoms with Crippen LogP contribution in [0.1, 0.15) is 22.7 Å². The smallest absolute Gasteiger partial charge is 0.255 e. The first kappa shape index (κ1) is 18.4. The van der Waals surface area contributed by atoms with Gasteiger partial charge in [-0.25, -0.2) is 4.39 Å². The molecule has 0 bridgehead atoms. The van der Waals surface area contributed by atoms with Gasteiger partial charge in [0.25, 0.3) is 5.91 Å². The van der Waals surface area contributed by atoms with Gasteiger partial charge in [-0.05, 0) is 65.6 Å². The SMILES string of the molecule is Cc1cccc(N2CC(=O)N(c3ccccc3F)[C@H](c3ccsc3)C2=O)c1C. The summed E-state index contributed by atoms with van der Waals surface area (Å²) in [5.41, 5.74) is 3.51. The molecule has 0 unspecified atom stereocenters. The number of hydrogen-bond donors (Lipinski definition) is 0. The van der Waals surface area contributed by atoms with Crippen molar-refractivity contribution in [2.75, 3.05) is 16.3 Å². The molecule has 1 saturated heterocycles. The highest BCUT2D eigenvalue weighted by Crippen LogP contribution is 2.37. The highest BCUT2D eigenvalue weighted by molar-refractivity contribution is 7.08. The van der Waals surface area contributed by atoms with Crippen molar-refractivity contribution in [1.82, 2.24) is 0 Å². The number of thiophene rings is 1. The quantitative estimate of drug-likeness (QED) is 0.650. The first-order valence-corrected chi connectivity index (χ1v) is 9.89. The van der Waals surface area contributed by atoms with Crippen LogP contribution in [0.4, 0.5) is 15.8 Å². The second kappa shape index (κ2) is 7.20. The predicted octanol–water partition coefficient (Wildman–Crippen LogP) is 4.63. The molecular weight excluding hydrogens is 375 g/mol. The molecule has 28 heavy (non-hydrogen) atoms. The van der Waals surface area contributed by atoms with Crippen molar-refractivity contribution in [2.45, 2.75) is 19.9 Å². The van der Waals surface area contributed by atoms with Gasteiger partial charge in [-0.3, -0.25) is 14.5 Å². The largest absolute Gasteiger partial charge is 0.301 e. The fourth-order valence-electron chi connectivity index (χ4n) is 3.57. The van der Waals surface area contributed by atoms with Gasteiger partial charge in [-0.2, -0.15) is 11.3 Å². The normalized spacial score (nSPS) is 17.3. The number of piperazine rings is 1. The number of amides is 2. The van der Waals surface area contributed by atoms with Crippen molar-refractivity contribution >= 4 is 34.5 Å². The van der Waals surface area contributed by atoms with E-state index in [-0.39, 0.29) is 24.0 Å². The molecule has 1 atom stereocenters. The van der Waals surface area contributed by atoms with Crippen LogP contribution >= 0.6 is 11.3 Å². The van der Waals surface area contributed by atoms with E-state index >= 15 is 0 Å². The van der Waals surface area contributed by atoms with Crippen LogP contribution in [0.15, 0.2) is 59.3 Å². The van der Waals surface area contributed by atoms with Crippen LogP contribution in [0.3, 0.4) is 0 Å². The van der Waals surface area contributed by atoms with Crippen LogP contribution in [0.5, 0.6) is 0 Å². The van der Waals surface area contributed by atoms with E-state index in [9.17, 15) is 14.0 Å². The first-order chi connectivity index (χ1) is 13.5. The number of halogens is 1. The molecule has 1 aliphatic rings. The molecule has 0 saturated carbocycles. The fourth-order valence-corrected chi connectivity index (χ4v) is 4.24. The Bertz CT molecular complexity index is 1050. The van der Waals surface area contributed by atoms with Gasteiger partial charge in [-0.15, -0.1) is 0 Å². The average Bonchev–Trinajstić information content (AvgIpc) is 3.20. The molecule has 2 aromatic carbocycles. The number of benzene rings is 2. The number of rotatable bonds is 3. The summed E-state index contributed by atoms with van der Waals surface area (Å²) >= 11 is 1.44. The zero-order valence-electron chi connectivity index (χ0n) is 15.6. The van der Waals surface area contributed by atoms with Gasteiger partial charge >= 0.3 is 0 Å². The van der Waals surface area contributed by atoms with E-state index < -0.39 is 11.9 Å². The summed E-state index contributed by atoms with van der Waals surface area (Å²) in [4.78, 5) is 29.5. The number of carbonyl (C=O) groups excluding carboxylic acids is 2. The summed E-state index contributed by atoms with van der Waals surface area (Å²) in [7, 11) is 0. The number of anilines is 2. The minimum atomic E-state index is -0.899. The Morgan fingerprint density at radius 3 is 2.46 bits per heavy atom. The molecule has 2 amide bonds. The van der Waals surface area contributed by atoms with Crippen LogP contribution in [-0.4, -0.2) is 18.4 Å². The van der Waals surface area contributed by atoms with Gasteiger partial charge in [0.1, 0.15) is 18.4 Å². The lowest BCUT2D eigenvalue weighted by Crippen LogP contribution is -2.56. The minimum Gasteiger partial charge on any atom is -0.301 e. The molecule has 2 heterocycles. The van der Waals surface area contributed by atoms with Crippen LogP contribution in [0, 0.1) is 19.7 Å². The summed E-state index contributed by atoms with van der Waals surface area (Å²) in [5, 5.41) is 3.68. The third-order valence-corrected chi connectivity index (χ3v) is 5.86. The lowest BCUT2D eigenvalue weighted by Gasteiger charge is -2.40. The van der Waals surface area contributed by atoms with E-state index in [1.807, 2.05) is 42.8 Å². The number of aryl methyl sites for hydroxylation is 1. The highest BCUT2D eigenvalue weighted by Gasteiger charge is 2.43. The van der Waals surface area contributed by atoms with Crippen molar-refractivity contribution < 1.29 is 14.0 Å².